The summed E-state index contributed by atoms with van der Waals surface area (Å²) in [4.78, 5) is 2.78. The molecule has 0 aromatic carbocycles. The molecule has 0 bridgehead atoms. The molecule has 1 N–H and O–H groups in total. The van der Waals surface area contributed by atoms with Gasteiger partial charge in [-0.1, -0.05) is 34.1 Å². The van der Waals surface area contributed by atoms with Crippen molar-refractivity contribution < 1.29 is 0 Å². The molecule has 0 spiro atoms. The number of hydrogen-bond acceptors (Lipinski definition) is 2. The minimum Gasteiger partial charge on any atom is -0.315 e. The van der Waals surface area contributed by atoms with E-state index in [1.165, 1.54) is 38.9 Å². The van der Waals surface area contributed by atoms with Gasteiger partial charge in [0.15, 0.2) is 0 Å². The molecule has 2 rings (SSSR count). The van der Waals surface area contributed by atoms with Crippen molar-refractivity contribution in [3.05, 3.63) is 0 Å². The summed E-state index contributed by atoms with van der Waals surface area (Å²) >= 11 is 0. The van der Waals surface area contributed by atoms with Gasteiger partial charge in [0.1, 0.15) is 0 Å². The van der Waals surface area contributed by atoms with Gasteiger partial charge in [-0.15, -0.1) is 0 Å². The smallest absolute Gasteiger partial charge is 0.0243 e. The van der Waals surface area contributed by atoms with Crippen molar-refractivity contribution in [1.82, 2.24) is 10.2 Å². The zero-order valence-corrected chi connectivity index (χ0v) is 12.8. The van der Waals surface area contributed by atoms with E-state index in [4.69, 9.17) is 0 Å². The molecule has 0 amide bonds. The average molecular weight is 252 g/mol. The van der Waals surface area contributed by atoms with E-state index < -0.39 is 0 Å². The first-order valence-corrected chi connectivity index (χ1v) is 8.02. The Morgan fingerprint density at radius 3 is 2.11 bits per heavy atom. The zero-order valence-electron chi connectivity index (χ0n) is 12.8. The molecular weight excluding hydrogens is 220 g/mol. The van der Waals surface area contributed by atoms with Crippen molar-refractivity contribution in [3.8, 4) is 0 Å². The fraction of sp³-hybridized carbons (Fsp3) is 1.00. The number of nitrogens with one attached hydrogen (secondary N) is 1. The Hall–Kier alpha value is -0.0800. The molecule has 1 aliphatic carbocycles. The van der Waals surface area contributed by atoms with Crippen molar-refractivity contribution in [1.29, 1.82) is 0 Å². The van der Waals surface area contributed by atoms with Crippen LogP contribution in [0.2, 0.25) is 0 Å². The van der Waals surface area contributed by atoms with E-state index in [1.54, 1.807) is 0 Å². The summed E-state index contributed by atoms with van der Waals surface area (Å²) in [6.45, 7) is 14.4. The van der Waals surface area contributed by atoms with Crippen LogP contribution in [0.5, 0.6) is 0 Å². The third kappa shape index (κ3) is 3.48. The van der Waals surface area contributed by atoms with E-state index in [0.717, 1.165) is 36.3 Å². The van der Waals surface area contributed by atoms with E-state index in [9.17, 15) is 0 Å². The summed E-state index contributed by atoms with van der Waals surface area (Å²) in [5, 5.41) is 3.67. The van der Waals surface area contributed by atoms with E-state index in [1.807, 2.05) is 0 Å². The number of hydrogen-bond donors (Lipinski definition) is 1. The second-order valence-corrected chi connectivity index (χ2v) is 7.27. The molecule has 2 heteroatoms. The summed E-state index contributed by atoms with van der Waals surface area (Å²) in [6, 6.07) is 0.745. The van der Waals surface area contributed by atoms with Crippen molar-refractivity contribution in [2.24, 2.45) is 23.7 Å². The second-order valence-electron chi connectivity index (χ2n) is 7.27. The third-order valence-corrected chi connectivity index (χ3v) is 4.90. The predicted octanol–water partition coefficient (Wildman–Crippen LogP) is 2.99. The number of fused-ring (bicyclic) bond motifs is 1. The maximum Gasteiger partial charge on any atom is 0.0243 e. The Kier molecular flexibility index (Phi) is 5.08. The van der Waals surface area contributed by atoms with E-state index in [-0.39, 0.29) is 0 Å². The van der Waals surface area contributed by atoms with Crippen LogP contribution >= 0.6 is 0 Å². The van der Waals surface area contributed by atoms with Gasteiger partial charge in [0, 0.05) is 25.7 Å². The zero-order chi connectivity index (χ0) is 13.1. The fourth-order valence-electron chi connectivity index (χ4n) is 3.85. The first kappa shape index (κ1) is 14.3. The Morgan fingerprint density at radius 1 is 1.00 bits per heavy atom. The molecular formula is C16H32N2. The van der Waals surface area contributed by atoms with Crippen molar-refractivity contribution in [2.45, 2.75) is 53.0 Å². The normalized spacial score (nSPS) is 30.3. The van der Waals surface area contributed by atoms with Crippen LogP contribution in [0.1, 0.15) is 47.0 Å². The van der Waals surface area contributed by atoms with Gasteiger partial charge in [-0.2, -0.15) is 0 Å². The molecule has 106 valence electrons. The van der Waals surface area contributed by atoms with E-state index in [2.05, 4.69) is 37.9 Å². The SMILES string of the molecule is CC(C)CNCC(C(C)C)N1CC2CCCC2C1. The Labute approximate surface area is 114 Å². The molecule has 3 atom stereocenters. The van der Waals surface area contributed by atoms with Crippen LogP contribution in [0.15, 0.2) is 0 Å². The molecule has 2 nitrogen and oxygen atoms in total. The van der Waals surface area contributed by atoms with E-state index in [0.29, 0.717) is 0 Å². The molecule has 2 aliphatic rings. The first-order valence-electron chi connectivity index (χ1n) is 8.02. The van der Waals surface area contributed by atoms with Crippen LogP contribution in [0.3, 0.4) is 0 Å². The van der Waals surface area contributed by atoms with Crippen LogP contribution in [0, 0.1) is 23.7 Å². The average Bonchev–Trinajstić information content (AvgIpc) is 2.83. The van der Waals surface area contributed by atoms with Gasteiger partial charge in [-0.05, 0) is 43.1 Å². The Morgan fingerprint density at radius 2 is 1.61 bits per heavy atom. The molecule has 1 heterocycles. The lowest BCUT2D eigenvalue weighted by Gasteiger charge is -2.32. The van der Waals surface area contributed by atoms with Crippen molar-refractivity contribution in [3.63, 3.8) is 0 Å². The summed E-state index contributed by atoms with van der Waals surface area (Å²) < 4.78 is 0. The van der Waals surface area contributed by atoms with Crippen LogP contribution in [-0.4, -0.2) is 37.1 Å². The summed E-state index contributed by atoms with van der Waals surface area (Å²) in [6.07, 6.45) is 4.47. The third-order valence-electron chi connectivity index (χ3n) is 4.90. The molecule has 1 saturated carbocycles. The molecule has 18 heavy (non-hydrogen) atoms. The molecule has 1 saturated heterocycles. The molecule has 0 radical (unpaired) electrons. The number of rotatable bonds is 6. The highest BCUT2D eigenvalue weighted by molar-refractivity contribution is 4.92. The first-order chi connectivity index (χ1) is 8.58. The van der Waals surface area contributed by atoms with Gasteiger partial charge in [-0.3, -0.25) is 4.90 Å². The second kappa shape index (κ2) is 6.38. The molecule has 0 aromatic rings. The monoisotopic (exact) mass is 252 g/mol. The van der Waals surface area contributed by atoms with Crippen molar-refractivity contribution >= 4 is 0 Å². The lowest BCUT2D eigenvalue weighted by molar-refractivity contribution is 0.172. The summed E-state index contributed by atoms with van der Waals surface area (Å²) in [7, 11) is 0. The maximum atomic E-state index is 3.67. The minimum atomic E-state index is 0.745. The van der Waals surface area contributed by atoms with Gasteiger partial charge < -0.3 is 5.32 Å². The lowest BCUT2D eigenvalue weighted by Crippen LogP contribution is -2.45. The van der Waals surface area contributed by atoms with Crippen LogP contribution in [0.4, 0.5) is 0 Å². The summed E-state index contributed by atoms with van der Waals surface area (Å²) in [5.74, 6) is 3.58. The summed E-state index contributed by atoms with van der Waals surface area (Å²) in [5.41, 5.74) is 0. The highest BCUT2D eigenvalue weighted by Crippen LogP contribution is 2.39. The van der Waals surface area contributed by atoms with Gasteiger partial charge in [-0.25, -0.2) is 0 Å². The Bertz CT molecular complexity index is 237. The lowest BCUT2D eigenvalue weighted by atomic mass is 10.0. The minimum absolute atomic E-state index is 0.745. The van der Waals surface area contributed by atoms with Gasteiger partial charge in [0.05, 0.1) is 0 Å². The van der Waals surface area contributed by atoms with Crippen molar-refractivity contribution in [2.75, 3.05) is 26.2 Å². The largest absolute Gasteiger partial charge is 0.315 e. The molecule has 2 fully saturated rings. The molecule has 0 aromatic heterocycles. The van der Waals surface area contributed by atoms with Crippen LogP contribution in [0.25, 0.3) is 0 Å². The quantitative estimate of drug-likeness (QED) is 0.782. The van der Waals surface area contributed by atoms with E-state index >= 15 is 0 Å². The van der Waals surface area contributed by atoms with Crippen LogP contribution < -0.4 is 5.32 Å². The Balaban J connectivity index is 1.82. The van der Waals surface area contributed by atoms with Gasteiger partial charge in [0.25, 0.3) is 0 Å². The standard InChI is InChI=1S/C16H32N2/c1-12(2)8-17-9-16(13(3)4)18-10-14-6-5-7-15(14)11-18/h12-17H,5-11H2,1-4H3. The molecule has 1 aliphatic heterocycles. The van der Waals surface area contributed by atoms with Crippen LogP contribution in [-0.2, 0) is 0 Å². The fourth-order valence-corrected chi connectivity index (χ4v) is 3.85. The number of nitrogens with zero attached hydrogens (tertiary/aromatic N) is 1. The topological polar surface area (TPSA) is 15.3 Å². The van der Waals surface area contributed by atoms with Gasteiger partial charge in [0.2, 0.25) is 0 Å². The van der Waals surface area contributed by atoms with Gasteiger partial charge >= 0.3 is 0 Å². The highest BCUT2D eigenvalue weighted by atomic mass is 15.2. The highest BCUT2D eigenvalue weighted by Gasteiger charge is 2.39. The number of likely N-dealkylation sites (tertiary alicyclic amines) is 1. The molecule has 3 unspecified atom stereocenters. The predicted molar refractivity (Wildman–Crippen MR) is 78.7 cm³/mol. The maximum absolute atomic E-state index is 3.67.